The van der Waals surface area contributed by atoms with Crippen molar-refractivity contribution in [3.63, 3.8) is 0 Å². The molecule has 1 fully saturated rings. The second kappa shape index (κ2) is 5.59. The molecule has 7 heteroatoms. The summed E-state index contributed by atoms with van der Waals surface area (Å²) in [5.74, 6) is 2.97. The highest BCUT2D eigenvalue weighted by Crippen LogP contribution is 2.39. The zero-order chi connectivity index (χ0) is 16.7. The van der Waals surface area contributed by atoms with Gasteiger partial charge in [0, 0.05) is 17.7 Å². The molecule has 3 N–H and O–H groups in total. The number of nitrogens with zero attached hydrogens (tertiary/aromatic N) is 1. The number of aromatic amines is 2. The van der Waals surface area contributed by atoms with Gasteiger partial charge in [0.05, 0.1) is 19.6 Å². The van der Waals surface area contributed by atoms with Crippen LogP contribution in [0.4, 0.5) is 11.6 Å². The van der Waals surface area contributed by atoms with Crippen molar-refractivity contribution in [2.75, 3.05) is 19.5 Å². The van der Waals surface area contributed by atoms with Crippen LogP contribution in [0.5, 0.6) is 11.5 Å². The lowest BCUT2D eigenvalue weighted by atomic mass is 10.1. The average molecular weight is 326 g/mol. The summed E-state index contributed by atoms with van der Waals surface area (Å²) in [6, 6.07) is 7.30. The second-order valence-electron chi connectivity index (χ2n) is 5.91. The molecule has 0 atom stereocenters. The minimum atomic E-state index is -0.200. The van der Waals surface area contributed by atoms with Crippen molar-refractivity contribution in [3.8, 4) is 11.5 Å². The van der Waals surface area contributed by atoms with Crippen LogP contribution in [-0.4, -0.2) is 29.4 Å². The molecule has 0 radical (unpaired) electrons. The lowest BCUT2D eigenvalue weighted by molar-refractivity contribution is 0.356. The summed E-state index contributed by atoms with van der Waals surface area (Å²) >= 11 is 0. The Labute approximate surface area is 138 Å². The predicted molar refractivity (Wildman–Crippen MR) is 91.5 cm³/mol. The predicted octanol–water partition coefficient (Wildman–Crippen LogP) is 2.89. The van der Waals surface area contributed by atoms with Crippen molar-refractivity contribution in [2.45, 2.75) is 18.8 Å². The van der Waals surface area contributed by atoms with Crippen LogP contribution in [0.2, 0.25) is 0 Å². The molecule has 24 heavy (non-hydrogen) atoms. The zero-order valence-corrected chi connectivity index (χ0v) is 13.5. The van der Waals surface area contributed by atoms with Crippen molar-refractivity contribution in [3.05, 3.63) is 40.3 Å². The molecule has 0 spiro atoms. The Kier molecular flexibility index (Phi) is 3.41. The van der Waals surface area contributed by atoms with Gasteiger partial charge in [-0.1, -0.05) is 0 Å². The number of nitrogens with one attached hydrogen (secondary N) is 3. The van der Waals surface area contributed by atoms with E-state index >= 15 is 0 Å². The first kappa shape index (κ1) is 14.6. The molecule has 1 aliphatic rings. The van der Waals surface area contributed by atoms with Crippen molar-refractivity contribution in [2.24, 2.45) is 0 Å². The highest BCUT2D eigenvalue weighted by atomic mass is 16.5. The van der Waals surface area contributed by atoms with Gasteiger partial charge in [-0.25, -0.2) is 0 Å². The topological polar surface area (TPSA) is 92.0 Å². The van der Waals surface area contributed by atoms with E-state index in [4.69, 9.17) is 9.47 Å². The molecule has 2 aromatic heterocycles. The van der Waals surface area contributed by atoms with E-state index in [0.717, 1.165) is 11.1 Å². The third kappa shape index (κ3) is 2.58. The van der Waals surface area contributed by atoms with E-state index < -0.39 is 0 Å². The first-order chi connectivity index (χ1) is 11.7. The number of H-pyrrole nitrogens is 2. The summed E-state index contributed by atoms with van der Waals surface area (Å²) in [6.45, 7) is 0. The van der Waals surface area contributed by atoms with Crippen LogP contribution in [0.3, 0.4) is 0 Å². The molecule has 124 valence electrons. The van der Waals surface area contributed by atoms with Crippen molar-refractivity contribution in [1.82, 2.24) is 15.2 Å². The number of benzene rings is 1. The van der Waals surface area contributed by atoms with Crippen LogP contribution >= 0.6 is 0 Å². The molecule has 3 aromatic rings. The number of hydrogen-bond donors (Lipinski definition) is 3. The lowest BCUT2D eigenvalue weighted by Crippen LogP contribution is -2.09. The normalized spacial score (nSPS) is 13.9. The van der Waals surface area contributed by atoms with Gasteiger partial charge in [-0.2, -0.15) is 5.10 Å². The number of anilines is 2. The summed E-state index contributed by atoms with van der Waals surface area (Å²) in [5, 5.41) is 11.7. The quantitative estimate of drug-likeness (QED) is 0.670. The van der Waals surface area contributed by atoms with E-state index in [1.54, 1.807) is 26.4 Å². The lowest BCUT2D eigenvalue weighted by Gasteiger charge is -2.10. The number of aromatic nitrogens is 3. The van der Waals surface area contributed by atoms with Gasteiger partial charge >= 0.3 is 0 Å². The van der Waals surface area contributed by atoms with Gasteiger partial charge in [-0.05, 0) is 36.4 Å². The van der Waals surface area contributed by atoms with Crippen LogP contribution in [-0.2, 0) is 0 Å². The van der Waals surface area contributed by atoms with Gasteiger partial charge in [0.25, 0.3) is 5.56 Å². The van der Waals surface area contributed by atoms with Gasteiger partial charge in [-0.15, -0.1) is 0 Å². The fourth-order valence-corrected chi connectivity index (χ4v) is 2.80. The van der Waals surface area contributed by atoms with Crippen LogP contribution < -0.4 is 20.3 Å². The zero-order valence-electron chi connectivity index (χ0n) is 13.5. The average Bonchev–Trinajstić information content (AvgIpc) is 3.34. The molecule has 2 heterocycles. The van der Waals surface area contributed by atoms with E-state index in [2.05, 4.69) is 20.5 Å². The van der Waals surface area contributed by atoms with Crippen molar-refractivity contribution < 1.29 is 9.47 Å². The third-order valence-electron chi connectivity index (χ3n) is 4.23. The first-order valence-electron chi connectivity index (χ1n) is 7.79. The molecule has 1 aromatic carbocycles. The summed E-state index contributed by atoms with van der Waals surface area (Å²) in [7, 11) is 3.11. The van der Waals surface area contributed by atoms with Gasteiger partial charge in [0.15, 0.2) is 17.3 Å². The molecule has 7 nitrogen and oxygen atoms in total. The first-order valence-corrected chi connectivity index (χ1v) is 7.79. The van der Waals surface area contributed by atoms with E-state index in [1.807, 2.05) is 12.1 Å². The molecule has 4 rings (SSSR count). The number of fused-ring (bicyclic) bond motifs is 1. The Morgan fingerprint density at radius 3 is 2.58 bits per heavy atom. The number of ether oxygens (including phenoxy) is 2. The standard InChI is InChI=1S/C17H18N4O3/c1-23-13-5-10-6-15(19-17(22)11(10)7-14(13)24-2)18-16-8-12(20-21-16)9-3-4-9/h5-9H,3-4H2,1-2H3,(H3,18,19,20,21,22). The summed E-state index contributed by atoms with van der Waals surface area (Å²) < 4.78 is 10.6. The SMILES string of the molecule is COc1cc2cc(Nc3cc(C4CC4)[nH]n3)[nH]c(=O)c2cc1OC. The van der Waals surface area contributed by atoms with Crippen LogP contribution in [0.15, 0.2) is 29.1 Å². The molecule has 1 aliphatic carbocycles. The summed E-state index contributed by atoms with van der Waals surface area (Å²) in [4.78, 5) is 15.2. The fourth-order valence-electron chi connectivity index (χ4n) is 2.80. The molecule has 0 amide bonds. The van der Waals surface area contributed by atoms with Gasteiger partial charge in [0.1, 0.15) is 5.82 Å². The maximum Gasteiger partial charge on any atom is 0.257 e. The Balaban J connectivity index is 1.71. The molecular weight excluding hydrogens is 308 g/mol. The number of methoxy groups -OCH3 is 2. The highest BCUT2D eigenvalue weighted by Gasteiger charge is 2.25. The molecule has 0 aliphatic heterocycles. The van der Waals surface area contributed by atoms with E-state index in [9.17, 15) is 4.79 Å². The highest BCUT2D eigenvalue weighted by molar-refractivity contribution is 5.87. The van der Waals surface area contributed by atoms with Crippen molar-refractivity contribution in [1.29, 1.82) is 0 Å². The number of hydrogen-bond acceptors (Lipinski definition) is 5. The molecule has 0 bridgehead atoms. The fraction of sp³-hybridized carbons (Fsp3) is 0.294. The molecule has 1 saturated carbocycles. The summed E-state index contributed by atoms with van der Waals surface area (Å²) in [5.41, 5.74) is 0.931. The van der Waals surface area contributed by atoms with E-state index in [1.165, 1.54) is 12.8 Å². The smallest absolute Gasteiger partial charge is 0.257 e. The second-order valence-corrected chi connectivity index (χ2v) is 5.91. The Hall–Kier alpha value is -2.96. The van der Waals surface area contributed by atoms with Crippen LogP contribution in [0.25, 0.3) is 10.8 Å². The monoisotopic (exact) mass is 326 g/mol. The molecular formula is C17H18N4O3. The maximum atomic E-state index is 12.4. The van der Waals surface area contributed by atoms with Crippen LogP contribution in [0.1, 0.15) is 24.5 Å². The number of pyridine rings is 1. The Morgan fingerprint density at radius 2 is 1.88 bits per heavy atom. The third-order valence-corrected chi connectivity index (χ3v) is 4.23. The van der Waals surface area contributed by atoms with Crippen LogP contribution in [0, 0.1) is 0 Å². The Bertz CT molecular complexity index is 956. The maximum absolute atomic E-state index is 12.4. The largest absolute Gasteiger partial charge is 0.493 e. The van der Waals surface area contributed by atoms with Crippen molar-refractivity contribution >= 4 is 22.4 Å². The van der Waals surface area contributed by atoms with Gasteiger partial charge in [-0.3, -0.25) is 9.89 Å². The minimum Gasteiger partial charge on any atom is -0.493 e. The number of rotatable bonds is 5. The van der Waals surface area contributed by atoms with E-state index in [-0.39, 0.29) is 5.56 Å². The molecule has 0 unspecified atom stereocenters. The Morgan fingerprint density at radius 1 is 1.12 bits per heavy atom. The van der Waals surface area contributed by atoms with Gasteiger partial charge < -0.3 is 19.8 Å². The minimum absolute atomic E-state index is 0.200. The van der Waals surface area contributed by atoms with Gasteiger partial charge in [0.2, 0.25) is 0 Å². The molecule has 0 saturated heterocycles. The van der Waals surface area contributed by atoms with E-state index in [0.29, 0.717) is 34.4 Å². The summed E-state index contributed by atoms with van der Waals surface area (Å²) in [6.07, 6.45) is 2.41.